The normalized spacial score (nSPS) is 11.7. The third-order valence-corrected chi connectivity index (χ3v) is 4.15. The van der Waals surface area contributed by atoms with Gasteiger partial charge in [0.25, 0.3) is 0 Å². The summed E-state index contributed by atoms with van der Waals surface area (Å²) in [5.74, 6) is 0.604. The number of oxazole rings is 1. The van der Waals surface area contributed by atoms with E-state index in [9.17, 15) is 4.79 Å². The van der Waals surface area contributed by atoms with E-state index in [0.29, 0.717) is 17.9 Å². The molecule has 4 heteroatoms. The van der Waals surface area contributed by atoms with Crippen LogP contribution in [0, 0.1) is 0 Å². The number of rotatable bonds is 4. The van der Waals surface area contributed by atoms with Crippen LogP contribution in [0.25, 0.3) is 22.6 Å². The Balaban J connectivity index is 1.87. The summed E-state index contributed by atoms with van der Waals surface area (Å²) in [4.78, 5) is 16.3. The van der Waals surface area contributed by atoms with Crippen molar-refractivity contribution < 1.29 is 9.21 Å². The number of fused-ring (bicyclic) bond motifs is 1. The molecule has 0 bridgehead atoms. The molecule has 1 aromatic heterocycles. The van der Waals surface area contributed by atoms with Crippen LogP contribution in [-0.4, -0.2) is 10.9 Å². The molecule has 0 aliphatic rings. The van der Waals surface area contributed by atoms with Crippen LogP contribution >= 0.6 is 0 Å². The minimum atomic E-state index is 0.0133. The first-order chi connectivity index (χ1) is 11.9. The molecule has 0 spiro atoms. The molecular formula is C21H24N2O2. The van der Waals surface area contributed by atoms with Gasteiger partial charge in [0.15, 0.2) is 5.58 Å². The molecular weight excluding hydrogens is 312 g/mol. The second-order valence-corrected chi connectivity index (χ2v) is 7.33. The number of amides is 1. The third kappa shape index (κ3) is 3.90. The van der Waals surface area contributed by atoms with Gasteiger partial charge in [0, 0.05) is 23.7 Å². The molecule has 1 heterocycles. The van der Waals surface area contributed by atoms with Gasteiger partial charge >= 0.3 is 0 Å². The SMILES string of the molecule is CCCC(=O)Nc1ccc2nc(-c3ccc(C(C)(C)C)cc3)oc2c1. The van der Waals surface area contributed by atoms with Crippen LogP contribution < -0.4 is 5.32 Å². The Labute approximate surface area is 148 Å². The highest BCUT2D eigenvalue weighted by Gasteiger charge is 2.15. The number of aromatic nitrogens is 1. The molecule has 3 aromatic rings. The minimum Gasteiger partial charge on any atom is -0.436 e. The van der Waals surface area contributed by atoms with Crippen molar-refractivity contribution >= 4 is 22.7 Å². The predicted molar refractivity (Wildman–Crippen MR) is 102 cm³/mol. The summed E-state index contributed by atoms with van der Waals surface area (Å²) < 4.78 is 5.90. The molecule has 0 atom stereocenters. The van der Waals surface area contributed by atoms with E-state index in [-0.39, 0.29) is 11.3 Å². The maximum absolute atomic E-state index is 11.7. The van der Waals surface area contributed by atoms with Crippen LogP contribution in [0.2, 0.25) is 0 Å². The molecule has 1 N–H and O–H groups in total. The summed E-state index contributed by atoms with van der Waals surface area (Å²) in [7, 11) is 0. The first-order valence-corrected chi connectivity index (χ1v) is 8.68. The van der Waals surface area contributed by atoms with Crippen molar-refractivity contribution in [2.45, 2.75) is 46.0 Å². The second kappa shape index (κ2) is 6.71. The summed E-state index contributed by atoms with van der Waals surface area (Å²) in [5.41, 5.74) is 4.52. The fourth-order valence-corrected chi connectivity index (χ4v) is 2.69. The van der Waals surface area contributed by atoms with Gasteiger partial charge in [-0.15, -0.1) is 0 Å². The highest BCUT2D eigenvalue weighted by molar-refractivity contribution is 5.92. The lowest BCUT2D eigenvalue weighted by Gasteiger charge is -2.18. The number of hydrogen-bond acceptors (Lipinski definition) is 3. The van der Waals surface area contributed by atoms with Gasteiger partial charge in [-0.25, -0.2) is 4.98 Å². The Morgan fingerprint density at radius 1 is 1.12 bits per heavy atom. The maximum atomic E-state index is 11.7. The smallest absolute Gasteiger partial charge is 0.227 e. The van der Waals surface area contributed by atoms with Crippen LogP contribution in [0.1, 0.15) is 46.1 Å². The monoisotopic (exact) mass is 336 g/mol. The van der Waals surface area contributed by atoms with E-state index >= 15 is 0 Å². The molecule has 4 nitrogen and oxygen atoms in total. The minimum absolute atomic E-state index is 0.0133. The predicted octanol–water partition coefficient (Wildman–Crippen LogP) is 5.53. The van der Waals surface area contributed by atoms with Crippen LogP contribution in [0.15, 0.2) is 46.9 Å². The summed E-state index contributed by atoms with van der Waals surface area (Å²) in [6.45, 7) is 8.55. The molecule has 1 amide bonds. The number of carbonyl (C=O) groups excluding carboxylic acids is 1. The number of anilines is 1. The topological polar surface area (TPSA) is 55.1 Å². The van der Waals surface area contributed by atoms with E-state index < -0.39 is 0 Å². The molecule has 0 aliphatic carbocycles. The van der Waals surface area contributed by atoms with Crippen molar-refractivity contribution in [3.8, 4) is 11.5 Å². The van der Waals surface area contributed by atoms with Gasteiger partial charge in [-0.05, 0) is 41.7 Å². The number of carbonyl (C=O) groups is 1. The van der Waals surface area contributed by atoms with Gasteiger partial charge < -0.3 is 9.73 Å². The van der Waals surface area contributed by atoms with Gasteiger partial charge in [0.1, 0.15) is 5.52 Å². The molecule has 3 rings (SSSR count). The van der Waals surface area contributed by atoms with Crippen molar-refractivity contribution in [3.05, 3.63) is 48.0 Å². The Bertz CT molecular complexity index is 886. The summed E-state index contributed by atoms with van der Waals surface area (Å²) in [5, 5.41) is 2.88. The largest absolute Gasteiger partial charge is 0.436 e. The standard InChI is InChI=1S/C21H24N2O2/c1-5-6-19(24)22-16-11-12-17-18(13-16)25-20(23-17)14-7-9-15(10-8-14)21(2,3)4/h7-13H,5-6H2,1-4H3,(H,22,24). The zero-order valence-corrected chi connectivity index (χ0v) is 15.2. The quantitative estimate of drug-likeness (QED) is 0.681. The fraction of sp³-hybridized carbons (Fsp3) is 0.333. The van der Waals surface area contributed by atoms with Crippen molar-refractivity contribution in [2.75, 3.05) is 5.32 Å². The fourth-order valence-electron chi connectivity index (χ4n) is 2.69. The first-order valence-electron chi connectivity index (χ1n) is 8.68. The second-order valence-electron chi connectivity index (χ2n) is 7.33. The Kier molecular flexibility index (Phi) is 4.62. The van der Waals surface area contributed by atoms with E-state index in [2.05, 4.69) is 43.2 Å². The molecule has 0 fully saturated rings. The van der Waals surface area contributed by atoms with Crippen LogP contribution in [0.3, 0.4) is 0 Å². The van der Waals surface area contributed by atoms with Crippen molar-refractivity contribution in [1.29, 1.82) is 0 Å². The number of benzene rings is 2. The lowest BCUT2D eigenvalue weighted by atomic mass is 9.87. The van der Waals surface area contributed by atoms with Crippen LogP contribution in [0.4, 0.5) is 5.69 Å². The number of hydrogen-bond donors (Lipinski definition) is 1. The summed E-state index contributed by atoms with van der Waals surface area (Å²) in [6, 6.07) is 13.8. The van der Waals surface area contributed by atoms with Gasteiger partial charge in [-0.2, -0.15) is 0 Å². The Morgan fingerprint density at radius 3 is 2.48 bits per heavy atom. The Hall–Kier alpha value is -2.62. The van der Waals surface area contributed by atoms with Gasteiger partial charge in [-0.3, -0.25) is 4.79 Å². The van der Waals surface area contributed by atoms with Gasteiger partial charge in [0.05, 0.1) is 0 Å². The van der Waals surface area contributed by atoms with E-state index in [4.69, 9.17) is 4.42 Å². The van der Waals surface area contributed by atoms with Gasteiger partial charge in [0.2, 0.25) is 11.8 Å². The maximum Gasteiger partial charge on any atom is 0.227 e. The van der Waals surface area contributed by atoms with E-state index in [1.54, 1.807) is 0 Å². The highest BCUT2D eigenvalue weighted by atomic mass is 16.3. The lowest BCUT2D eigenvalue weighted by molar-refractivity contribution is -0.116. The highest BCUT2D eigenvalue weighted by Crippen LogP contribution is 2.29. The summed E-state index contributed by atoms with van der Waals surface area (Å²) >= 11 is 0. The number of nitrogens with one attached hydrogen (secondary N) is 1. The molecule has 0 saturated carbocycles. The van der Waals surface area contributed by atoms with Crippen molar-refractivity contribution in [2.24, 2.45) is 0 Å². The molecule has 2 aromatic carbocycles. The van der Waals surface area contributed by atoms with Gasteiger partial charge in [-0.1, -0.05) is 39.8 Å². The van der Waals surface area contributed by atoms with Crippen molar-refractivity contribution in [1.82, 2.24) is 4.98 Å². The molecule has 0 saturated heterocycles. The van der Waals surface area contributed by atoms with Crippen LogP contribution in [0.5, 0.6) is 0 Å². The molecule has 0 unspecified atom stereocenters. The van der Waals surface area contributed by atoms with E-state index in [1.807, 2.05) is 37.3 Å². The third-order valence-electron chi connectivity index (χ3n) is 4.15. The first kappa shape index (κ1) is 17.2. The number of nitrogens with zero attached hydrogens (tertiary/aromatic N) is 1. The molecule has 130 valence electrons. The van der Waals surface area contributed by atoms with Crippen LogP contribution in [-0.2, 0) is 10.2 Å². The Morgan fingerprint density at radius 2 is 1.84 bits per heavy atom. The van der Waals surface area contributed by atoms with E-state index in [1.165, 1.54) is 5.56 Å². The zero-order valence-electron chi connectivity index (χ0n) is 15.2. The zero-order chi connectivity index (χ0) is 18.0. The molecule has 0 radical (unpaired) electrons. The van der Waals surface area contributed by atoms with Crippen molar-refractivity contribution in [3.63, 3.8) is 0 Å². The molecule has 25 heavy (non-hydrogen) atoms. The average Bonchev–Trinajstić information content (AvgIpc) is 2.97. The lowest BCUT2D eigenvalue weighted by Crippen LogP contribution is -2.10. The summed E-state index contributed by atoms with van der Waals surface area (Å²) in [6.07, 6.45) is 1.34. The van der Waals surface area contributed by atoms with E-state index in [0.717, 1.165) is 23.2 Å². The molecule has 0 aliphatic heterocycles. The average molecular weight is 336 g/mol.